The molecule has 1 aromatic heterocycles. The van der Waals surface area contributed by atoms with Gasteiger partial charge in [-0.2, -0.15) is 0 Å². The monoisotopic (exact) mass is 378 g/mol. The van der Waals surface area contributed by atoms with Crippen molar-refractivity contribution in [2.45, 2.75) is 52.9 Å². The molecule has 0 aromatic carbocycles. The van der Waals surface area contributed by atoms with Crippen LogP contribution in [0.1, 0.15) is 60.8 Å². The van der Waals surface area contributed by atoms with Crippen molar-refractivity contribution < 1.29 is 14.3 Å². The number of likely N-dealkylation sites (tertiary alicyclic amines) is 1. The van der Waals surface area contributed by atoms with Crippen LogP contribution in [0.5, 0.6) is 0 Å². The maximum Gasteiger partial charge on any atom is 0.341 e. The van der Waals surface area contributed by atoms with Gasteiger partial charge in [-0.3, -0.25) is 9.69 Å². The Balaban J connectivity index is 1.75. The largest absolute Gasteiger partial charge is 0.462 e. The van der Waals surface area contributed by atoms with Crippen LogP contribution in [0.3, 0.4) is 0 Å². The minimum atomic E-state index is -0.304. The lowest BCUT2D eigenvalue weighted by atomic mass is 9.88. The van der Waals surface area contributed by atoms with E-state index < -0.39 is 0 Å². The summed E-state index contributed by atoms with van der Waals surface area (Å²) in [5.41, 5.74) is 1.69. The van der Waals surface area contributed by atoms with Gasteiger partial charge < -0.3 is 10.1 Å². The van der Waals surface area contributed by atoms with Crippen LogP contribution in [0, 0.1) is 11.8 Å². The molecule has 6 heteroatoms. The number of thiophene rings is 1. The molecule has 1 saturated heterocycles. The number of nitrogens with zero attached hydrogens (tertiary/aromatic N) is 1. The van der Waals surface area contributed by atoms with Gasteiger partial charge in [0.15, 0.2) is 0 Å². The number of nitrogens with one attached hydrogen (secondary N) is 1. The molecule has 0 bridgehead atoms. The minimum absolute atomic E-state index is 0.0312. The first-order chi connectivity index (χ1) is 12.5. The summed E-state index contributed by atoms with van der Waals surface area (Å²) in [6.45, 7) is 8.97. The van der Waals surface area contributed by atoms with E-state index in [4.69, 9.17) is 4.74 Å². The topological polar surface area (TPSA) is 58.6 Å². The fraction of sp³-hybridized carbons (Fsp3) is 0.700. The molecule has 1 amide bonds. The second kappa shape index (κ2) is 8.53. The van der Waals surface area contributed by atoms with Crippen molar-refractivity contribution in [2.75, 3.05) is 31.6 Å². The quantitative estimate of drug-likeness (QED) is 0.794. The number of carbonyl (C=O) groups excluding carboxylic acids is 2. The molecule has 1 aromatic rings. The molecule has 1 N–H and O–H groups in total. The Morgan fingerprint density at radius 1 is 1.27 bits per heavy atom. The average molecular weight is 379 g/mol. The molecule has 3 rings (SSSR count). The molecule has 0 saturated carbocycles. The lowest BCUT2D eigenvalue weighted by molar-refractivity contribution is -0.117. The highest BCUT2D eigenvalue weighted by Crippen LogP contribution is 2.40. The highest BCUT2D eigenvalue weighted by atomic mass is 32.1. The molecule has 0 unspecified atom stereocenters. The van der Waals surface area contributed by atoms with Gasteiger partial charge in [0.2, 0.25) is 5.91 Å². The molecule has 2 aliphatic rings. The summed E-state index contributed by atoms with van der Waals surface area (Å²) >= 11 is 1.56. The number of esters is 1. The number of carbonyl (C=O) groups is 2. The molecular formula is C20H30N2O3S. The van der Waals surface area contributed by atoms with Crippen LogP contribution in [0.15, 0.2) is 0 Å². The summed E-state index contributed by atoms with van der Waals surface area (Å²) in [6, 6.07) is 0. The van der Waals surface area contributed by atoms with E-state index in [1.54, 1.807) is 11.3 Å². The summed E-state index contributed by atoms with van der Waals surface area (Å²) in [4.78, 5) is 28.6. The zero-order chi connectivity index (χ0) is 18.7. The number of hydrogen-bond acceptors (Lipinski definition) is 5. The number of hydrogen-bond donors (Lipinski definition) is 1. The Labute approximate surface area is 160 Å². The highest BCUT2D eigenvalue weighted by molar-refractivity contribution is 7.17. The predicted molar refractivity (Wildman–Crippen MR) is 105 cm³/mol. The van der Waals surface area contributed by atoms with Crippen molar-refractivity contribution in [3.63, 3.8) is 0 Å². The summed E-state index contributed by atoms with van der Waals surface area (Å²) in [5.74, 6) is 0.925. The predicted octanol–water partition coefficient (Wildman–Crippen LogP) is 3.72. The van der Waals surface area contributed by atoms with Crippen LogP contribution < -0.4 is 5.32 Å². The van der Waals surface area contributed by atoms with Gasteiger partial charge in [-0.05, 0) is 63.0 Å². The van der Waals surface area contributed by atoms with Crippen molar-refractivity contribution in [3.05, 3.63) is 16.0 Å². The number of ether oxygens (including phenoxy) is 1. The van der Waals surface area contributed by atoms with Gasteiger partial charge in [-0.25, -0.2) is 4.79 Å². The Morgan fingerprint density at radius 2 is 2.08 bits per heavy atom. The van der Waals surface area contributed by atoms with E-state index in [-0.39, 0.29) is 11.9 Å². The van der Waals surface area contributed by atoms with Gasteiger partial charge in [0.05, 0.1) is 18.7 Å². The van der Waals surface area contributed by atoms with E-state index >= 15 is 0 Å². The number of amides is 1. The first-order valence-corrected chi connectivity index (χ1v) is 10.6. The van der Waals surface area contributed by atoms with Crippen LogP contribution in [-0.4, -0.2) is 43.0 Å². The van der Waals surface area contributed by atoms with Crippen LogP contribution in [0.2, 0.25) is 0 Å². The lowest BCUT2D eigenvalue weighted by Crippen LogP contribution is -2.39. The third kappa shape index (κ3) is 4.46. The maximum absolute atomic E-state index is 12.6. The van der Waals surface area contributed by atoms with Gasteiger partial charge in [0.1, 0.15) is 5.00 Å². The fourth-order valence-electron chi connectivity index (χ4n) is 4.06. The molecule has 0 spiro atoms. The highest BCUT2D eigenvalue weighted by Gasteiger charge is 2.29. The summed E-state index contributed by atoms with van der Waals surface area (Å²) in [7, 11) is 0. The molecule has 26 heavy (non-hydrogen) atoms. The first-order valence-electron chi connectivity index (χ1n) is 9.81. The molecule has 1 aliphatic carbocycles. The van der Waals surface area contributed by atoms with Crippen LogP contribution in [-0.2, 0) is 22.4 Å². The van der Waals surface area contributed by atoms with Crippen LogP contribution in [0.4, 0.5) is 5.00 Å². The number of rotatable bonds is 5. The summed E-state index contributed by atoms with van der Waals surface area (Å²) in [6.07, 6.45) is 5.33. The van der Waals surface area contributed by atoms with E-state index in [1.165, 1.54) is 11.3 Å². The third-order valence-electron chi connectivity index (χ3n) is 5.35. The smallest absolute Gasteiger partial charge is 0.341 e. The van der Waals surface area contributed by atoms with E-state index in [9.17, 15) is 9.59 Å². The molecule has 2 atom stereocenters. The number of anilines is 1. The van der Waals surface area contributed by atoms with E-state index in [2.05, 4.69) is 24.1 Å². The molecule has 144 valence electrons. The SMILES string of the molecule is CCOC(=O)c1c(NC(=O)CN2CCC[C@H](C)C2)sc2c1CC[C@@H](C)C2. The lowest BCUT2D eigenvalue weighted by Gasteiger charge is -2.30. The Hall–Kier alpha value is -1.40. The molecule has 1 fully saturated rings. The standard InChI is InChI=1S/C20H30N2O3S/c1-4-25-20(24)18-15-8-7-13(2)10-16(15)26-19(18)21-17(23)12-22-9-5-6-14(3)11-22/h13-14H,4-12H2,1-3H3,(H,21,23)/t13-,14+/m1/s1. The molecular weight excluding hydrogens is 348 g/mol. The van der Waals surface area contributed by atoms with Gasteiger partial charge in [-0.15, -0.1) is 11.3 Å². The summed E-state index contributed by atoms with van der Waals surface area (Å²) < 4.78 is 5.27. The Bertz CT molecular complexity index is 670. The second-order valence-corrected chi connectivity index (χ2v) is 8.91. The fourth-order valence-corrected chi connectivity index (χ4v) is 5.47. The maximum atomic E-state index is 12.6. The minimum Gasteiger partial charge on any atom is -0.462 e. The molecule has 5 nitrogen and oxygen atoms in total. The number of piperidine rings is 1. The third-order valence-corrected chi connectivity index (χ3v) is 6.52. The van der Waals surface area contributed by atoms with Crippen LogP contribution in [0.25, 0.3) is 0 Å². The first kappa shape index (κ1) is 19.4. The van der Waals surface area contributed by atoms with Crippen molar-refractivity contribution in [3.8, 4) is 0 Å². The van der Waals surface area contributed by atoms with Gasteiger partial charge in [0, 0.05) is 11.4 Å². The van der Waals surface area contributed by atoms with Crippen LogP contribution >= 0.6 is 11.3 Å². The molecule has 0 radical (unpaired) electrons. The van der Waals surface area contributed by atoms with Crippen molar-refractivity contribution in [2.24, 2.45) is 11.8 Å². The van der Waals surface area contributed by atoms with Gasteiger partial charge in [0.25, 0.3) is 0 Å². The Kier molecular flexibility index (Phi) is 6.35. The van der Waals surface area contributed by atoms with Gasteiger partial charge >= 0.3 is 5.97 Å². The Morgan fingerprint density at radius 3 is 2.81 bits per heavy atom. The molecule has 2 heterocycles. The second-order valence-electron chi connectivity index (χ2n) is 7.81. The molecule has 1 aliphatic heterocycles. The zero-order valence-electron chi connectivity index (χ0n) is 16.1. The van der Waals surface area contributed by atoms with Crippen molar-refractivity contribution >= 4 is 28.2 Å². The summed E-state index contributed by atoms with van der Waals surface area (Å²) in [5, 5.41) is 3.70. The van der Waals surface area contributed by atoms with E-state index in [0.717, 1.165) is 44.3 Å². The number of fused-ring (bicyclic) bond motifs is 1. The van der Waals surface area contributed by atoms with Crippen molar-refractivity contribution in [1.82, 2.24) is 4.90 Å². The average Bonchev–Trinajstić information content (AvgIpc) is 2.91. The zero-order valence-corrected chi connectivity index (χ0v) is 16.9. The normalized spacial score (nSPS) is 23.3. The van der Waals surface area contributed by atoms with E-state index in [0.29, 0.717) is 35.6 Å². The van der Waals surface area contributed by atoms with Gasteiger partial charge in [-0.1, -0.05) is 13.8 Å². The van der Waals surface area contributed by atoms with E-state index in [1.807, 2.05) is 6.92 Å². The van der Waals surface area contributed by atoms with Crippen molar-refractivity contribution in [1.29, 1.82) is 0 Å².